The number of nitrogens with zero attached hydrogens (tertiary/aromatic N) is 1. The Morgan fingerprint density at radius 3 is 2.58 bits per heavy atom. The Labute approximate surface area is 111 Å². The van der Waals surface area contributed by atoms with Crippen molar-refractivity contribution in [2.24, 2.45) is 5.73 Å². The summed E-state index contributed by atoms with van der Waals surface area (Å²) in [5.41, 5.74) is 5.82. The topological polar surface area (TPSA) is 84.7 Å². The van der Waals surface area contributed by atoms with Gasteiger partial charge >= 0.3 is 6.03 Å². The van der Waals surface area contributed by atoms with Crippen LogP contribution in [-0.4, -0.2) is 30.2 Å². The average molecular weight is 263 g/mol. The van der Waals surface area contributed by atoms with Crippen LogP contribution in [0.25, 0.3) is 0 Å². The van der Waals surface area contributed by atoms with Gasteiger partial charge in [-0.2, -0.15) is 0 Å². The molecule has 0 bridgehead atoms. The lowest BCUT2D eigenvalue weighted by Crippen LogP contribution is -2.46. The molecule has 0 aliphatic carbocycles. The van der Waals surface area contributed by atoms with Crippen molar-refractivity contribution in [3.05, 3.63) is 35.9 Å². The Hall–Kier alpha value is -2.08. The largest absolute Gasteiger partial charge is 0.352 e. The van der Waals surface area contributed by atoms with Crippen LogP contribution in [0.4, 0.5) is 4.79 Å². The summed E-state index contributed by atoms with van der Waals surface area (Å²) in [6.45, 7) is 1.05. The van der Waals surface area contributed by atoms with Gasteiger partial charge in [0.2, 0.25) is 0 Å². The molecule has 1 aliphatic heterocycles. The minimum atomic E-state index is -0.809. The van der Waals surface area contributed by atoms with Gasteiger partial charge in [-0.15, -0.1) is 0 Å². The molecule has 1 saturated heterocycles. The third-order valence-corrected chi connectivity index (χ3v) is 2.91. The smallest absolute Gasteiger partial charge is 0.313 e. The number of primary amides is 1. The van der Waals surface area contributed by atoms with Crippen molar-refractivity contribution in [1.82, 2.24) is 10.4 Å². The van der Waals surface area contributed by atoms with Crippen molar-refractivity contribution in [3.8, 4) is 0 Å². The number of rotatable bonds is 3. The average Bonchev–Trinajstić information content (AvgIpc) is 2.46. The summed E-state index contributed by atoms with van der Waals surface area (Å²) in [7, 11) is 0. The Morgan fingerprint density at radius 1 is 1.26 bits per heavy atom. The molecule has 1 aromatic carbocycles. The molecule has 0 saturated carbocycles. The van der Waals surface area contributed by atoms with Gasteiger partial charge in [-0.05, 0) is 18.4 Å². The van der Waals surface area contributed by atoms with Gasteiger partial charge in [0.15, 0.2) is 0 Å². The van der Waals surface area contributed by atoms with Gasteiger partial charge < -0.3 is 11.1 Å². The molecular formula is C13H17N3O3. The normalized spacial score (nSPS) is 16.7. The van der Waals surface area contributed by atoms with Crippen LogP contribution >= 0.6 is 0 Å². The first kappa shape index (κ1) is 13.4. The maximum atomic E-state index is 12.4. The fourth-order valence-electron chi connectivity index (χ4n) is 1.99. The molecule has 1 fully saturated rings. The number of hydroxylamine groups is 2. The molecule has 1 heterocycles. The van der Waals surface area contributed by atoms with E-state index in [9.17, 15) is 9.59 Å². The lowest BCUT2D eigenvalue weighted by Gasteiger charge is -2.29. The van der Waals surface area contributed by atoms with E-state index in [0.717, 1.165) is 12.8 Å². The van der Waals surface area contributed by atoms with Gasteiger partial charge in [0.25, 0.3) is 5.91 Å². The lowest BCUT2D eigenvalue weighted by atomic mass is 10.1. The van der Waals surface area contributed by atoms with Gasteiger partial charge in [0, 0.05) is 6.54 Å². The number of urea groups is 1. The molecule has 3 amide bonds. The standard InChI is InChI=1S/C13H17N3O3/c14-13(18)15-11(10-6-2-1-3-7-10)12(17)16-8-4-5-9-19-16/h1-3,6-7,11H,4-5,8-9H2,(H3,14,15,18). The van der Waals surface area contributed by atoms with E-state index < -0.39 is 12.1 Å². The van der Waals surface area contributed by atoms with E-state index >= 15 is 0 Å². The van der Waals surface area contributed by atoms with E-state index in [1.807, 2.05) is 6.07 Å². The van der Waals surface area contributed by atoms with Crippen molar-refractivity contribution in [3.63, 3.8) is 0 Å². The van der Waals surface area contributed by atoms with Gasteiger partial charge in [-0.3, -0.25) is 9.63 Å². The molecule has 102 valence electrons. The summed E-state index contributed by atoms with van der Waals surface area (Å²) in [5, 5.41) is 3.76. The number of benzene rings is 1. The van der Waals surface area contributed by atoms with Crippen LogP contribution in [0.2, 0.25) is 0 Å². The number of hydrogen-bond acceptors (Lipinski definition) is 3. The first-order valence-electron chi connectivity index (χ1n) is 6.23. The molecule has 3 N–H and O–H groups in total. The van der Waals surface area contributed by atoms with Gasteiger partial charge in [0.1, 0.15) is 6.04 Å². The summed E-state index contributed by atoms with van der Waals surface area (Å²) in [5.74, 6) is -0.301. The Balaban J connectivity index is 2.17. The van der Waals surface area contributed by atoms with Crippen LogP contribution in [0.3, 0.4) is 0 Å². The summed E-state index contributed by atoms with van der Waals surface area (Å²) >= 11 is 0. The zero-order valence-electron chi connectivity index (χ0n) is 10.5. The molecule has 1 aliphatic rings. The third kappa shape index (κ3) is 3.45. The number of carbonyl (C=O) groups is 2. The van der Waals surface area contributed by atoms with Crippen LogP contribution in [0.5, 0.6) is 0 Å². The van der Waals surface area contributed by atoms with Gasteiger partial charge in [-0.25, -0.2) is 9.86 Å². The highest BCUT2D eigenvalue weighted by Crippen LogP contribution is 2.18. The Morgan fingerprint density at radius 2 is 2.00 bits per heavy atom. The number of nitrogens with one attached hydrogen (secondary N) is 1. The van der Waals surface area contributed by atoms with Crippen LogP contribution in [0.15, 0.2) is 30.3 Å². The zero-order valence-corrected chi connectivity index (χ0v) is 10.5. The van der Waals surface area contributed by atoms with E-state index in [0.29, 0.717) is 18.7 Å². The first-order chi connectivity index (χ1) is 9.18. The van der Waals surface area contributed by atoms with E-state index in [2.05, 4.69) is 5.32 Å². The molecule has 0 spiro atoms. The molecular weight excluding hydrogens is 246 g/mol. The predicted molar refractivity (Wildman–Crippen MR) is 68.8 cm³/mol. The monoisotopic (exact) mass is 263 g/mol. The highest BCUT2D eigenvalue weighted by Gasteiger charge is 2.28. The van der Waals surface area contributed by atoms with E-state index in [1.54, 1.807) is 24.3 Å². The summed E-state index contributed by atoms with van der Waals surface area (Å²) in [6.07, 6.45) is 1.83. The first-order valence-corrected chi connectivity index (χ1v) is 6.23. The maximum absolute atomic E-state index is 12.4. The summed E-state index contributed by atoms with van der Waals surface area (Å²) in [6, 6.07) is 7.43. The van der Waals surface area contributed by atoms with Gasteiger partial charge in [-0.1, -0.05) is 30.3 Å². The molecule has 6 nitrogen and oxygen atoms in total. The van der Waals surface area contributed by atoms with E-state index in [4.69, 9.17) is 10.6 Å². The zero-order chi connectivity index (χ0) is 13.7. The van der Waals surface area contributed by atoms with Crippen molar-refractivity contribution < 1.29 is 14.4 Å². The quantitative estimate of drug-likeness (QED) is 0.851. The molecule has 2 rings (SSSR count). The van der Waals surface area contributed by atoms with Crippen molar-refractivity contribution in [2.75, 3.05) is 13.2 Å². The third-order valence-electron chi connectivity index (χ3n) is 2.91. The van der Waals surface area contributed by atoms with Gasteiger partial charge in [0.05, 0.1) is 6.61 Å². The second kappa shape index (κ2) is 6.19. The highest BCUT2D eigenvalue weighted by molar-refractivity contribution is 5.87. The summed E-state index contributed by atoms with van der Waals surface area (Å²) < 4.78 is 0. The van der Waals surface area contributed by atoms with E-state index in [-0.39, 0.29) is 5.91 Å². The fraction of sp³-hybridized carbons (Fsp3) is 0.385. The predicted octanol–water partition coefficient (Wildman–Crippen LogP) is 0.950. The summed E-state index contributed by atoms with van der Waals surface area (Å²) in [4.78, 5) is 28.8. The lowest BCUT2D eigenvalue weighted by molar-refractivity contribution is -0.199. The Bertz CT molecular complexity index is 444. The van der Waals surface area contributed by atoms with Crippen molar-refractivity contribution >= 4 is 11.9 Å². The molecule has 0 aromatic heterocycles. The minimum absolute atomic E-state index is 0.301. The number of amides is 3. The molecule has 1 aromatic rings. The van der Waals surface area contributed by atoms with Crippen LogP contribution in [0.1, 0.15) is 24.4 Å². The highest BCUT2D eigenvalue weighted by atomic mass is 16.7. The van der Waals surface area contributed by atoms with Crippen LogP contribution in [-0.2, 0) is 9.63 Å². The second-order valence-electron chi connectivity index (χ2n) is 4.33. The van der Waals surface area contributed by atoms with Crippen molar-refractivity contribution in [1.29, 1.82) is 0 Å². The molecule has 1 atom stereocenters. The molecule has 1 unspecified atom stereocenters. The maximum Gasteiger partial charge on any atom is 0.313 e. The van der Waals surface area contributed by atoms with Crippen LogP contribution in [0, 0.1) is 0 Å². The Kier molecular flexibility index (Phi) is 4.35. The number of carbonyl (C=O) groups excluding carboxylic acids is 2. The fourth-order valence-corrected chi connectivity index (χ4v) is 1.99. The van der Waals surface area contributed by atoms with Crippen LogP contribution < -0.4 is 11.1 Å². The molecule has 19 heavy (non-hydrogen) atoms. The molecule has 6 heteroatoms. The second-order valence-corrected chi connectivity index (χ2v) is 4.33. The number of nitrogens with two attached hydrogens (primary N) is 1. The number of hydrogen-bond donors (Lipinski definition) is 2. The van der Waals surface area contributed by atoms with E-state index in [1.165, 1.54) is 5.06 Å². The minimum Gasteiger partial charge on any atom is -0.352 e. The van der Waals surface area contributed by atoms with Crippen molar-refractivity contribution in [2.45, 2.75) is 18.9 Å². The molecule has 0 radical (unpaired) electrons. The SMILES string of the molecule is NC(=O)NC(C(=O)N1CCCCO1)c1ccccc1.